The highest BCUT2D eigenvalue weighted by Crippen LogP contribution is 2.19. The molecule has 0 fully saturated rings. The molecule has 0 aliphatic rings. The van der Waals surface area contributed by atoms with E-state index in [0.29, 0.717) is 18.7 Å². The largest absolute Gasteiger partial charge is 0.467 e. The molecule has 7 nitrogen and oxygen atoms in total. The SMILES string of the molecule is Cc1cc(C(=O)O[C@H](C)C(=O)N(C)CCC#N)c(C)n1Cc1ccco1. The Bertz CT molecular complexity index is 815. The summed E-state index contributed by atoms with van der Waals surface area (Å²) in [7, 11) is 1.58. The minimum absolute atomic E-state index is 0.233. The predicted octanol–water partition coefficient (Wildman–Crippen LogP) is 2.66. The Balaban J connectivity index is 2.08. The number of hydrogen-bond donors (Lipinski definition) is 0. The van der Waals surface area contributed by atoms with Crippen LogP contribution in [0.25, 0.3) is 0 Å². The van der Waals surface area contributed by atoms with Crippen LogP contribution >= 0.6 is 0 Å². The third kappa shape index (κ3) is 4.33. The predicted molar refractivity (Wildman–Crippen MR) is 94.5 cm³/mol. The molecule has 0 saturated carbocycles. The number of amides is 1. The van der Waals surface area contributed by atoms with E-state index in [-0.39, 0.29) is 12.3 Å². The van der Waals surface area contributed by atoms with E-state index >= 15 is 0 Å². The van der Waals surface area contributed by atoms with E-state index in [1.54, 1.807) is 19.4 Å². The number of ether oxygens (including phenoxy) is 1. The summed E-state index contributed by atoms with van der Waals surface area (Å²) in [6.07, 6.45) is 0.922. The Hall–Kier alpha value is -3.01. The van der Waals surface area contributed by atoms with Gasteiger partial charge in [0.25, 0.3) is 5.91 Å². The third-order valence-electron chi connectivity index (χ3n) is 4.25. The van der Waals surface area contributed by atoms with Gasteiger partial charge in [-0.15, -0.1) is 0 Å². The van der Waals surface area contributed by atoms with E-state index in [1.165, 1.54) is 11.8 Å². The molecule has 0 spiro atoms. The second-order valence-electron chi connectivity index (χ2n) is 6.17. The molecule has 2 aromatic rings. The smallest absolute Gasteiger partial charge is 0.340 e. The van der Waals surface area contributed by atoms with Gasteiger partial charge in [0.15, 0.2) is 6.10 Å². The highest BCUT2D eigenvalue weighted by molar-refractivity contribution is 5.93. The molecule has 0 unspecified atom stereocenters. The maximum Gasteiger partial charge on any atom is 0.340 e. The quantitative estimate of drug-likeness (QED) is 0.711. The van der Waals surface area contributed by atoms with Gasteiger partial charge < -0.3 is 18.6 Å². The summed E-state index contributed by atoms with van der Waals surface area (Å²) in [4.78, 5) is 26.1. The third-order valence-corrected chi connectivity index (χ3v) is 4.25. The number of likely N-dealkylation sites (N-methyl/N-ethyl adjacent to an activating group) is 1. The molecule has 0 saturated heterocycles. The molecule has 2 heterocycles. The van der Waals surface area contributed by atoms with Gasteiger partial charge in [-0.3, -0.25) is 4.79 Å². The minimum Gasteiger partial charge on any atom is -0.467 e. The average molecular weight is 357 g/mol. The number of esters is 1. The summed E-state index contributed by atoms with van der Waals surface area (Å²) in [5.74, 6) is -0.0919. The minimum atomic E-state index is -0.917. The molecule has 0 aliphatic heterocycles. The number of carbonyl (C=O) groups is 2. The summed E-state index contributed by atoms with van der Waals surface area (Å²) in [6, 6.07) is 7.41. The number of rotatable bonds is 7. The van der Waals surface area contributed by atoms with Crippen molar-refractivity contribution in [1.29, 1.82) is 5.26 Å². The second-order valence-corrected chi connectivity index (χ2v) is 6.17. The van der Waals surface area contributed by atoms with Crippen molar-refractivity contribution in [2.75, 3.05) is 13.6 Å². The molecule has 138 valence electrons. The van der Waals surface area contributed by atoms with Gasteiger partial charge in [0.1, 0.15) is 5.76 Å². The molecule has 1 amide bonds. The maximum atomic E-state index is 12.5. The lowest BCUT2D eigenvalue weighted by molar-refractivity contribution is -0.138. The van der Waals surface area contributed by atoms with E-state index < -0.39 is 12.1 Å². The Kier molecular flexibility index (Phi) is 6.23. The molecule has 0 radical (unpaired) electrons. The lowest BCUT2D eigenvalue weighted by Crippen LogP contribution is -2.38. The van der Waals surface area contributed by atoms with Crippen LogP contribution in [0.3, 0.4) is 0 Å². The monoisotopic (exact) mass is 357 g/mol. The van der Waals surface area contributed by atoms with Crippen LogP contribution in [0.2, 0.25) is 0 Å². The summed E-state index contributed by atoms with van der Waals surface area (Å²) in [5.41, 5.74) is 2.07. The zero-order chi connectivity index (χ0) is 19.3. The lowest BCUT2D eigenvalue weighted by atomic mass is 10.2. The number of aryl methyl sites for hydroxylation is 1. The number of hydrogen-bond acceptors (Lipinski definition) is 5. The molecule has 2 aromatic heterocycles. The van der Waals surface area contributed by atoms with E-state index in [4.69, 9.17) is 14.4 Å². The van der Waals surface area contributed by atoms with Crippen LogP contribution in [0.5, 0.6) is 0 Å². The van der Waals surface area contributed by atoms with Gasteiger partial charge in [0.05, 0.1) is 30.9 Å². The molecular formula is C19H23N3O4. The number of nitriles is 1. The first-order valence-electron chi connectivity index (χ1n) is 8.37. The van der Waals surface area contributed by atoms with Gasteiger partial charge >= 0.3 is 5.97 Å². The molecule has 0 aromatic carbocycles. The van der Waals surface area contributed by atoms with Crippen LogP contribution in [0.4, 0.5) is 0 Å². The van der Waals surface area contributed by atoms with E-state index in [9.17, 15) is 9.59 Å². The first-order valence-corrected chi connectivity index (χ1v) is 8.37. The van der Waals surface area contributed by atoms with Crippen molar-refractivity contribution in [3.05, 3.63) is 47.2 Å². The Morgan fingerprint density at radius 1 is 1.42 bits per heavy atom. The Morgan fingerprint density at radius 3 is 2.77 bits per heavy atom. The lowest BCUT2D eigenvalue weighted by Gasteiger charge is -2.20. The number of carbonyl (C=O) groups excluding carboxylic acids is 2. The summed E-state index contributed by atoms with van der Waals surface area (Å²) < 4.78 is 12.7. The first kappa shape index (κ1) is 19.3. The van der Waals surface area contributed by atoms with Crippen molar-refractivity contribution in [3.8, 4) is 6.07 Å². The molecule has 0 N–H and O–H groups in total. The van der Waals surface area contributed by atoms with Crippen LogP contribution in [0, 0.1) is 25.2 Å². The molecular weight excluding hydrogens is 334 g/mol. The second kappa shape index (κ2) is 8.39. The van der Waals surface area contributed by atoms with Crippen LogP contribution in [0.15, 0.2) is 28.9 Å². The zero-order valence-electron chi connectivity index (χ0n) is 15.5. The van der Waals surface area contributed by atoms with Gasteiger partial charge in [0.2, 0.25) is 0 Å². The van der Waals surface area contributed by atoms with Crippen molar-refractivity contribution in [1.82, 2.24) is 9.47 Å². The van der Waals surface area contributed by atoms with E-state index in [2.05, 4.69) is 0 Å². The average Bonchev–Trinajstić information content (AvgIpc) is 3.22. The fourth-order valence-electron chi connectivity index (χ4n) is 2.72. The van der Waals surface area contributed by atoms with Crippen molar-refractivity contribution < 1.29 is 18.7 Å². The fourth-order valence-corrected chi connectivity index (χ4v) is 2.72. The van der Waals surface area contributed by atoms with Crippen molar-refractivity contribution in [2.24, 2.45) is 0 Å². The van der Waals surface area contributed by atoms with E-state index in [1.807, 2.05) is 36.6 Å². The maximum absolute atomic E-state index is 12.5. The summed E-state index contributed by atoms with van der Waals surface area (Å²) >= 11 is 0. The molecule has 26 heavy (non-hydrogen) atoms. The summed E-state index contributed by atoms with van der Waals surface area (Å²) in [6.45, 7) is 6.08. The highest BCUT2D eigenvalue weighted by atomic mass is 16.5. The van der Waals surface area contributed by atoms with Crippen LogP contribution in [-0.4, -0.2) is 41.0 Å². The first-order chi connectivity index (χ1) is 12.3. The Labute approximate surface area is 152 Å². The van der Waals surface area contributed by atoms with Gasteiger partial charge in [-0.05, 0) is 39.0 Å². The van der Waals surface area contributed by atoms with Gasteiger partial charge in [0, 0.05) is 25.0 Å². The van der Waals surface area contributed by atoms with Crippen molar-refractivity contribution in [2.45, 2.75) is 39.8 Å². The molecule has 2 rings (SSSR count). The van der Waals surface area contributed by atoms with Gasteiger partial charge in [-0.2, -0.15) is 5.26 Å². The number of nitrogens with zero attached hydrogens (tertiary/aromatic N) is 3. The zero-order valence-corrected chi connectivity index (χ0v) is 15.5. The van der Waals surface area contributed by atoms with Crippen molar-refractivity contribution >= 4 is 11.9 Å². The molecule has 0 bridgehead atoms. The van der Waals surface area contributed by atoms with Crippen LogP contribution in [-0.2, 0) is 16.1 Å². The number of furan rings is 1. The van der Waals surface area contributed by atoms with Crippen molar-refractivity contribution in [3.63, 3.8) is 0 Å². The highest BCUT2D eigenvalue weighted by Gasteiger charge is 2.24. The topological polar surface area (TPSA) is 88.5 Å². The molecule has 7 heteroatoms. The van der Waals surface area contributed by atoms with Crippen LogP contribution < -0.4 is 0 Å². The van der Waals surface area contributed by atoms with Gasteiger partial charge in [-0.1, -0.05) is 0 Å². The molecule has 1 atom stereocenters. The number of aromatic nitrogens is 1. The fraction of sp³-hybridized carbons (Fsp3) is 0.421. The normalized spacial score (nSPS) is 11.7. The van der Waals surface area contributed by atoms with Gasteiger partial charge in [-0.25, -0.2) is 4.79 Å². The van der Waals surface area contributed by atoms with E-state index in [0.717, 1.165) is 17.1 Å². The molecule has 0 aliphatic carbocycles. The Morgan fingerprint density at radius 2 is 2.15 bits per heavy atom. The van der Waals surface area contributed by atoms with Crippen LogP contribution in [0.1, 0.15) is 40.9 Å². The summed E-state index contributed by atoms with van der Waals surface area (Å²) in [5, 5.41) is 8.60. The standard InChI is InChI=1S/C19H23N3O4/c1-13-11-17(14(2)22(13)12-16-7-5-10-25-16)19(24)26-15(3)18(23)21(4)9-6-8-20/h5,7,10-11,15H,6,9,12H2,1-4H3/t15-/m1/s1.